The SMILES string of the molecule is CCC1CCC2CC(c3ccc(-c4cc(F)c(C5=NC(C)(C)CO5)c(F)c4)c(F)c3)CCC2C1. The van der Waals surface area contributed by atoms with E-state index < -0.39 is 23.0 Å². The number of rotatable bonds is 4. The van der Waals surface area contributed by atoms with Crippen molar-refractivity contribution in [3.63, 3.8) is 0 Å². The Morgan fingerprint density at radius 1 is 0.912 bits per heavy atom. The first-order valence-corrected chi connectivity index (χ1v) is 12.8. The maximum atomic E-state index is 15.2. The summed E-state index contributed by atoms with van der Waals surface area (Å²) in [7, 11) is 0. The molecule has 3 aliphatic rings. The summed E-state index contributed by atoms with van der Waals surface area (Å²) in [5.41, 5.74) is 0.581. The van der Waals surface area contributed by atoms with Gasteiger partial charge in [0.2, 0.25) is 5.90 Å². The molecule has 0 aromatic heterocycles. The van der Waals surface area contributed by atoms with Crippen LogP contribution in [0, 0.1) is 35.2 Å². The van der Waals surface area contributed by atoms with E-state index >= 15 is 4.39 Å². The molecule has 0 amide bonds. The Morgan fingerprint density at radius 2 is 1.62 bits per heavy atom. The topological polar surface area (TPSA) is 21.6 Å². The molecule has 2 aromatic rings. The first-order valence-electron chi connectivity index (χ1n) is 12.8. The molecule has 2 aromatic carbocycles. The van der Waals surface area contributed by atoms with Crippen molar-refractivity contribution >= 4 is 5.90 Å². The van der Waals surface area contributed by atoms with Crippen LogP contribution in [0.1, 0.15) is 82.8 Å². The molecule has 182 valence electrons. The van der Waals surface area contributed by atoms with E-state index in [4.69, 9.17) is 4.74 Å². The highest BCUT2D eigenvalue weighted by molar-refractivity contribution is 5.96. The number of hydrogen-bond donors (Lipinski definition) is 0. The first kappa shape index (κ1) is 23.4. The van der Waals surface area contributed by atoms with Gasteiger partial charge in [-0.3, -0.25) is 0 Å². The van der Waals surface area contributed by atoms with Gasteiger partial charge in [0.25, 0.3) is 0 Å². The van der Waals surface area contributed by atoms with Crippen molar-refractivity contribution < 1.29 is 17.9 Å². The average Bonchev–Trinajstić information content (AvgIpc) is 3.16. The fourth-order valence-corrected chi connectivity index (χ4v) is 6.32. The second-order valence-electron chi connectivity index (χ2n) is 11.2. The van der Waals surface area contributed by atoms with Gasteiger partial charge >= 0.3 is 0 Å². The van der Waals surface area contributed by atoms with Gasteiger partial charge in [-0.1, -0.05) is 31.9 Å². The Morgan fingerprint density at radius 3 is 2.26 bits per heavy atom. The molecule has 2 aliphatic carbocycles. The van der Waals surface area contributed by atoms with E-state index in [1.54, 1.807) is 12.1 Å². The van der Waals surface area contributed by atoms with E-state index in [9.17, 15) is 8.78 Å². The van der Waals surface area contributed by atoms with E-state index in [0.29, 0.717) is 5.92 Å². The molecule has 1 aliphatic heterocycles. The molecule has 0 radical (unpaired) electrons. The van der Waals surface area contributed by atoms with Crippen LogP contribution < -0.4 is 0 Å². The third-order valence-electron chi connectivity index (χ3n) is 8.30. The largest absolute Gasteiger partial charge is 0.475 e. The van der Waals surface area contributed by atoms with Crippen LogP contribution >= 0.6 is 0 Å². The number of fused-ring (bicyclic) bond motifs is 1. The van der Waals surface area contributed by atoms with Crippen LogP contribution in [-0.4, -0.2) is 18.0 Å². The lowest BCUT2D eigenvalue weighted by Crippen LogP contribution is -2.30. The summed E-state index contributed by atoms with van der Waals surface area (Å²) >= 11 is 0. The molecule has 5 rings (SSSR count). The van der Waals surface area contributed by atoms with Crippen LogP contribution in [0.3, 0.4) is 0 Å². The highest BCUT2D eigenvalue weighted by Gasteiger charge is 2.36. The van der Waals surface area contributed by atoms with Gasteiger partial charge < -0.3 is 4.74 Å². The smallest absolute Gasteiger partial charge is 0.222 e. The fourth-order valence-electron chi connectivity index (χ4n) is 6.32. The lowest BCUT2D eigenvalue weighted by atomic mass is 9.63. The van der Waals surface area contributed by atoms with Crippen molar-refractivity contribution in [3.05, 3.63) is 58.9 Å². The second kappa shape index (κ2) is 9.05. The lowest BCUT2D eigenvalue weighted by molar-refractivity contribution is 0.116. The number of hydrogen-bond acceptors (Lipinski definition) is 2. The minimum atomic E-state index is -0.795. The first-order chi connectivity index (χ1) is 16.2. The van der Waals surface area contributed by atoms with Gasteiger partial charge in [-0.15, -0.1) is 0 Å². The van der Waals surface area contributed by atoms with Crippen molar-refractivity contribution in [1.29, 1.82) is 0 Å². The van der Waals surface area contributed by atoms with Crippen molar-refractivity contribution in [3.8, 4) is 11.1 Å². The molecule has 0 spiro atoms. The molecular formula is C29H34F3NO. The van der Waals surface area contributed by atoms with Crippen molar-refractivity contribution in [2.24, 2.45) is 22.7 Å². The third-order valence-corrected chi connectivity index (χ3v) is 8.30. The van der Waals surface area contributed by atoms with Gasteiger partial charge in [0, 0.05) is 5.56 Å². The monoisotopic (exact) mass is 469 g/mol. The molecule has 5 heteroatoms. The van der Waals surface area contributed by atoms with Gasteiger partial charge in [-0.25, -0.2) is 18.2 Å². The zero-order valence-corrected chi connectivity index (χ0v) is 20.3. The standard InChI is InChI=1S/C29H34F3NO/c1-4-17-5-6-19-12-20(8-7-18(19)11-17)21-9-10-23(24(30)13-21)22-14-25(31)27(26(32)15-22)28-33-29(2,3)16-34-28/h9-10,13-15,17-20H,4-8,11-12,16H2,1-3H3. The molecule has 0 N–H and O–H groups in total. The van der Waals surface area contributed by atoms with E-state index in [0.717, 1.165) is 36.2 Å². The molecule has 0 bridgehead atoms. The number of aliphatic imine (C=N–C) groups is 1. The molecule has 2 fully saturated rings. The summed E-state index contributed by atoms with van der Waals surface area (Å²) in [6.07, 6.45) is 8.67. The van der Waals surface area contributed by atoms with E-state index in [-0.39, 0.29) is 29.2 Å². The molecule has 2 nitrogen and oxygen atoms in total. The van der Waals surface area contributed by atoms with Crippen LogP contribution in [-0.2, 0) is 4.74 Å². The van der Waals surface area contributed by atoms with Gasteiger partial charge in [0.15, 0.2) is 0 Å². The number of benzene rings is 2. The van der Waals surface area contributed by atoms with E-state index in [2.05, 4.69) is 11.9 Å². The molecule has 4 unspecified atom stereocenters. The summed E-state index contributed by atoms with van der Waals surface area (Å²) in [6, 6.07) is 7.54. The maximum Gasteiger partial charge on any atom is 0.222 e. The Kier molecular flexibility index (Phi) is 6.24. The molecule has 34 heavy (non-hydrogen) atoms. The average molecular weight is 470 g/mol. The molecule has 4 atom stereocenters. The van der Waals surface area contributed by atoms with Crippen molar-refractivity contribution in [2.45, 2.75) is 77.2 Å². The summed E-state index contributed by atoms with van der Waals surface area (Å²) in [5.74, 6) is 0.739. The minimum absolute atomic E-state index is 0.0362. The minimum Gasteiger partial charge on any atom is -0.475 e. The van der Waals surface area contributed by atoms with Gasteiger partial charge in [0.05, 0.1) is 5.54 Å². The Balaban J connectivity index is 1.36. The van der Waals surface area contributed by atoms with Crippen molar-refractivity contribution in [2.75, 3.05) is 6.61 Å². The molecule has 0 saturated heterocycles. The predicted molar refractivity (Wildman–Crippen MR) is 130 cm³/mol. The van der Waals surface area contributed by atoms with Gasteiger partial charge in [-0.05, 0) is 98.9 Å². The number of nitrogens with zero attached hydrogens (tertiary/aromatic N) is 1. The van der Waals surface area contributed by atoms with Crippen LogP contribution in [0.15, 0.2) is 35.3 Å². The fraction of sp³-hybridized carbons (Fsp3) is 0.552. The van der Waals surface area contributed by atoms with Gasteiger partial charge in [-0.2, -0.15) is 0 Å². The highest BCUT2D eigenvalue weighted by Crippen LogP contribution is 2.48. The van der Waals surface area contributed by atoms with E-state index in [1.165, 1.54) is 44.2 Å². The summed E-state index contributed by atoms with van der Waals surface area (Å²) < 4.78 is 50.4. The Labute approximate surface area is 200 Å². The predicted octanol–water partition coefficient (Wildman–Crippen LogP) is 8.04. The van der Waals surface area contributed by atoms with Crippen LogP contribution in [0.4, 0.5) is 13.2 Å². The Bertz CT molecular complexity index is 1090. The van der Waals surface area contributed by atoms with Gasteiger partial charge in [0.1, 0.15) is 29.6 Å². The zero-order valence-electron chi connectivity index (χ0n) is 20.3. The van der Waals surface area contributed by atoms with Crippen molar-refractivity contribution in [1.82, 2.24) is 0 Å². The zero-order chi connectivity index (χ0) is 24.0. The summed E-state index contributed by atoms with van der Waals surface area (Å²) in [5, 5.41) is 0. The molecule has 2 saturated carbocycles. The number of halogens is 3. The lowest BCUT2D eigenvalue weighted by Gasteiger charge is -2.42. The molecular weight excluding hydrogens is 435 g/mol. The van der Waals surface area contributed by atoms with Crippen LogP contribution in [0.2, 0.25) is 0 Å². The normalized spacial score (nSPS) is 28.2. The van der Waals surface area contributed by atoms with Crippen LogP contribution in [0.25, 0.3) is 11.1 Å². The maximum absolute atomic E-state index is 15.2. The highest BCUT2D eigenvalue weighted by atomic mass is 19.1. The summed E-state index contributed by atoms with van der Waals surface area (Å²) in [4.78, 5) is 4.27. The van der Waals surface area contributed by atoms with Crippen LogP contribution in [0.5, 0.6) is 0 Å². The summed E-state index contributed by atoms with van der Waals surface area (Å²) in [6.45, 7) is 6.23. The quantitative estimate of drug-likeness (QED) is 0.444. The Hall–Kier alpha value is -2.30. The third kappa shape index (κ3) is 4.50. The number of ether oxygens (including phenoxy) is 1. The van der Waals surface area contributed by atoms with E-state index in [1.807, 2.05) is 19.9 Å². The second-order valence-corrected chi connectivity index (χ2v) is 11.2. The molecule has 1 heterocycles.